The number of hydrogen-bond donors (Lipinski definition) is 1. The Morgan fingerprint density at radius 2 is 1.47 bits per heavy atom. The van der Waals surface area contributed by atoms with Gasteiger partial charge < -0.3 is 10.1 Å². The summed E-state index contributed by atoms with van der Waals surface area (Å²) < 4.78 is 68.9. The van der Waals surface area contributed by atoms with E-state index in [1.165, 1.54) is 28.6 Å². The minimum absolute atomic E-state index is 0.0638. The molecule has 1 heterocycles. The van der Waals surface area contributed by atoms with Crippen LogP contribution in [0.15, 0.2) is 53.4 Å². The highest BCUT2D eigenvalue weighted by atomic mass is 32.2. The van der Waals surface area contributed by atoms with Crippen LogP contribution in [0, 0.1) is 0 Å². The lowest BCUT2D eigenvalue weighted by Crippen LogP contribution is -2.31. The fourth-order valence-electron chi connectivity index (χ4n) is 3.24. The molecule has 3 rings (SSSR count). The Balaban J connectivity index is 1.47. The summed E-state index contributed by atoms with van der Waals surface area (Å²) in [5, 5.41) is 2.19. The van der Waals surface area contributed by atoms with Gasteiger partial charge in [0.05, 0.1) is 10.5 Å². The molecular formula is C22H21F3N2O6S. The molecule has 1 fully saturated rings. The maximum Gasteiger partial charge on any atom is 0.416 e. The Hall–Kier alpha value is -3.25. The molecule has 1 amide bonds. The normalized spacial score (nSPS) is 14.6. The number of ketones is 1. The number of halogens is 3. The lowest BCUT2D eigenvalue weighted by Gasteiger charge is -2.15. The molecule has 2 aromatic carbocycles. The van der Waals surface area contributed by atoms with Crippen molar-refractivity contribution < 1.29 is 40.7 Å². The smallest absolute Gasteiger partial charge is 0.416 e. The number of Topliss-reactive ketones (excluding diaryl/α,β-unsaturated/α-hetero) is 1. The van der Waals surface area contributed by atoms with Crippen LogP contribution in [0.25, 0.3) is 0 Å². The topological polar surface area (TPSA) is 110 Å². The highest BCUT2D eigenvalue weighted by Crippen LogP contribution is 2.29. The molecule has 0 unspecified atom stereocenters. The summed E-state index contributed by atoms with van der Waals surface area (Å²) in [6.07, 6.45) is -2.94. The second-order valence-corrected chi connectivity index (χ2v) is 9.42. The van der Waals surface area contributed by atoms with Crippen molar-refractivity contribution in [3.8, 4) is 0 Å². The Morgan fingerprint density at radius 3 is 2.03 bits per heavy atom. The van der Waals surface area contributed by atoms with Gasteiger partial charge in [-0.25, -0.2) is 8.42 Å². The molecule has 1 N–H and O–H groups in total. The van der Waals surface area contributed by atoms with Crippen LogP contribution in [0.1, 0.15) is 39.1 Å². The summed E-state index contributed by atoms with van der Waals surface area (Å²) in [4.78, 5) is 36.1. The SMILES string of the molecule is O=C(CNC(=O)c1ccc(C(F)(F)F)cc1)OCC(=O)c1ccc(S(=O)(=O)N2CCCC2)cc1. The lowest BCUT2D eigenvalue weighted by atomic mass is 10.1. The zero-order chi connectivity index (χ0) is 24.9. The number of amides is 1. The van der Waals surface area contributed by atoms with Crippen LogP contribution in [0.4, 0.5) is 13.2 Å². The monoisotopic (exact) mass is 498 g/mol. The van der Waals surface area contributed by atoms with Crippen LogP contribution in [0.3, 0.4) is 0 Å². The fourth-order valence-corrected chi connectivity index (χ4v) is 4.75. The summed E-state index contributed by atoms with van der Waals surface area (Å²) in [6, 6.07) is 8.71. The van der Waals surface area contributed by atoms with Gasteiger partial charge in [0, 0.05) is 24.2 Å². The van der Waals surface area contributed by atoms with Crippen LogP contribution in [0.5, 0.6) is 0 Å². The molecule has 0 aromatic heterocycles. The van der Waals surface area contributed by atoms with Crippen molar-refractivity contribution in [2.24, 2.45) is 0 Å². The van der Waals surface area contributed by atoms with Crippen LogP contribution >= 0.6 is 0 Å². The van der Waals surface area contributed by atoms with Crippen molar-refractivity contribution in [3.63, 3.8) is 0 Å². The molecule has 1 aliphatic heterocycles. The number of ether oxygens (including phenoxy) is 1. The van der Waals surface area contributed by atoms with Crippen molar-refractivity contribution in [2.45, 2.75) is 23.9 Å². The number of carbonyl (C=O) groups is 3. The van der Waals surface area contributed by atoms with Gasteiger partial charge in [0.2, 0.25) is 10.0 Å². The average molecular weight is 498 g/mol. The molecule has 0 saturated carbocycles. The first kappa shape index (κ1) is 25.4. The van der Waals surface area contributed by atoms with Crippen molar-refractivity contribution in [1.29, 1.82) is 0 Å². The largest absolute Gasteiger partial charge is 0.456 e. The standard InChI is InChI=1S/C22H21F3N2O6S/c23-22(24,25)17-7-3-16(4-8-17)21(30)26-13-20(29)33-14-19(28)15-5-9-18(10-6-15)34(31,32)27-11-1-2-12-27/h3-10H,1-2,11-14H2,(H,26,30). The highest BCUT2D eigenvalue weighted by Gasteiger charge is 2.30. The molecule has 0 atom stereocenters. The molecule has 1 aliphatic rings. The van der Waals surface area contributed by atoms with E-state index in [1.807, 2.05) is 0 Å². The first-order valence-electron chi connectivity index (χ1n) is 10.2. The second kappa shape index (κ2) is 10.3. The predicted molar refractivity (Wildman–Crippen MR) is 114 cm³/mol. The van der Waals surface area contributed by atoms with Gasteiger partial charge in [-0.2, -0.15) is 17.5 Å². The number of alkyl halides is 3. The Morgan fingerprint density at radius 1 is 0.912 bits per heavy atom. The number of nitrogens with zero attached hydrogens (tertiary/aromatic N) is 1. The number of sulfonamides is 1. The summed E-state index contributed by atoms with van der Waals surface area (Å²) in [7, 11) is -3.61. The Labute approximate surface area is 193 Å². The number of hydrogen-bond acceptors (Lipinski definition) is 6. The predicted octanol–water partition coefficient (Wildman–Crippen LogP) is 2.65. The van der Waals surface area contributed by atoms with E-state index in [2.05, 4.69) is 5.32 Å². The van der Waals surface area contributed by atoms with E-state index in [-0.39, 0.29) is 16.0 Å². The van der Waals surface area contributed by atoms with E-state index in [9.17, 15) is 36.0 Å². The number of rotatable bonds is 8. The number of carbonyl (C=O) groups excluding carboxylic acids is 3. The van der Waals surface area contributed by atoms with Gasteiger partial charge in [0.15, 0.2) is 12.4 Å². The van der Waals surface area contributed by atoms with E-state index < -0.39 is 52.6 Å². The summed E-state index contributed by atoms with van der Waals surface area (Å²) >= 11 is 0. The molecule has 0 aliphatic carbocycles. The quantitative estimate of drug-likeness (QED) is 0.443. The Kier molecular flexibility index (Phi) is 7.72. The molecule has 0 bridgehead atoms. The molecule has 12 heteroatoms. The molecular weight excluding hydrogens is 477 g/mol. The summed E-state index contributed by atoms with van der Waals surface area (Å²) in [6.45, 7) is -0.323. The van der Waals surface area contributed by atoms with Crippen LogP contribution in [-0.2, 0) is 25.7 Å². The highest BCUT2D eigenvalue weighted by molar-refractivity contribution is 7.89. The minimum atomic E-state index is -4.53. The number of benzene rings is 2. The molecule has 1 saturated heterocycles. The van der Waals surface area contributed by atoms with Gasteiger partial charge in [0.25, 0.3) is 5.91 Å². The van der Waals surface area contributed by atoms with Crippen molar-refractivity contribution in [1.82, 2.24) is 9.62 Å². The third-order valence-electron chi connectivity index (χ3n) is 5.11. The third kappa shape index (κ3) is 6.20. The maximum atomic E-state index is 12.6. The third-order valence-corrected chi connectivity index (χ3v) is 7.02. The fraction of sp³-hybridized carbons (Fsp3) is 0.318. The van der Waals surface area contributed by atoms with Gasteiger partial charge in [-0.15, -0.1) is 0 Å². The zero-order valence-electron chi connectivity index (χ0n) is 17.8. The van der Waals surface area contributed by atoms with Gasteiger partial charge in [-0.1, -0.05) is 0 Å². The summed E-state index contributed by atoms with van der Waals surface area (Å²) in [5.41, 5.74) is -0.855. The van der Waals surface area contributed by atoms with Crippen molar-refractivity contribution in [2.75, 3.05) is 26.2 Å². The van der Waals surface area contributed by atoms with Gasteiger partial charge >= 0.3 is 12.1 Å². The molecule has 182 valence electrons. The van der Waals surface area contributed by atoms with Gasteiger partial charge in [-0.3, -0.25) is 14.4 Å². The minimum Gasteiger partial charge on any atom is -0.456 e. The van der Waals surface area contributed by atoms with E-state index in [4.69, 9.17) is 4.74 Å². The zero-order valence-corrected chi connectivity index (χ0v) is 18.6. The second-order valence-electron chi connectivity index (χ2n) is 7.48. The molecule has 8 nitrogen and oxygen atoms in total. The van der Waals surface area contributed by atoms with E-state index in [1.54, 1.807) is 0 Å². The number of esters is 1. The lowest BCUT2D eigenvalue weighted by molar-refractivity contribution is -0.141. The van der Waals surface area contributed by atoms with Crippen LogP contribution in [-0.4, -0.2) is 56.6 Å². The first-order chi connectivity index (χ1) is 16.0. The molecule has 2 aromatic rings. The van der Waals surface area contributed by atoms with E-state index in [0.717, 1.165) is 37.1 Å². The van der Waals surface area contributed by atoms with E-state index in [0.29, 0.717) is 13.1 Å². The van der Waals surface area contributed by atoms with Gasteiger partial charge in [0.1, 0.15) is 6.54 Å². The molecule has 0 radical (unpaired) electrons. The van der Waals surface area contributed by atoms with Crippen LogP contribution < -0.4 is 5.32 Å². The Bertz CT molecular complexity index is 1160. The summed E-state index contributed by atoms with van der Waals surface area (Å²) in [5.74, 6) is -2.29. The molecule has 0 spiro atoms. The van der Waals surface area contributed by atoms with Crippen LogP contribution in [0.2, 0.25) is 0 Å². The van der Waals surface area contributed by atoms with E-state index >= 15 is 0 Å². The van der Waals surface area contributed by atoms with Crippen molar-refractivity contribution in [3.05, 3.63) is 65.2 Å². The maximum absolute atomic E-state index is 12.6. The van der Waals surface area contributed by atoms with Gasteiger partial charge in [-0.05, 0) is 61.4 Å². The van der Waals surface area contributed by atoms with Crippen molar-refractivity contribution >= 4 is 27.7 Å². The average Bonchev–Trinajstić information content (AvgIpc) is 3.36. The first-order valence-corrected chi connectivity index (χ1v) is 11.7. The molecule has 34 heavy (non-hydrogen) atoms. The number of nitrogens with one attached hydrogen (secondary N) is 1.